The van der Waals surface area contributed by atoms with Crippen molar-refractivity contribution in [3.8, 4) is 101 Å². The number of hydrogen-bond donors (Lipinski definition) is 0. The number of fused-ring (bicyclic) bond motifs is 14. The third kappa shape index (κ3) is 11.4. The average molecular weight is 1450 g/mol. The third-order valence-corrected chi connectivity index (χ3v) is 23.0. The minimum atomic E-state index is 0.894. The fraction of sp³-hybridized carbons (Fsp3) is 0. The molecule has 6 nitrogen and oxygen atoms in total. The maximum atomic E-state index is 5.33. The fourth-order valence-corrected chi connectivity index (χ4v) is 17.5. The van der Waals surface area contributed by atoms with E-state index >= 15 is 0 Å². The molecule has 532 valence electrons. The number of aromatic nitrogens is 6. The Labute approximate surface area is 658 Å². The first-order chi connectivity index (χ1) is 56.5. The number of pyridine rings is 2. The highest BCUT2D eigenvalue weighted by molar-refractivity contribution is 6.15. The van der Waals surface area contributed by atoms with E-state index in [-0.39, 0.29) is 0 Å². The van der Waals surface area contributed by atoms with E-state index in [2.05, 4.69) is 443 Å². The Hall–Kier alpha value is -15.2. The monoisotopic (exact) mass is 1450 g/mol. The van der Waals surface area contributed by atoms with Gasteiger partial charge in [-0.3, -0.25) is 9.13 Å². The highest BCUT2D eigenvalue weighted by atomic mass is 15.1. The summed E-state index contributed by atoms with van der Waals surface area (Å²) in [5.74, 6) is 1.79. The molecule has 0 radical (unpaired) electrons. The van der Waals surface area contributed by atoms with Crippen LogP contribution in [0.3, 0.4) is 0 Å². The molecule has 0 unspecified atom stereocenters. The fourth-order valence-electron chi connectivity index (χ4n) is 17.5. The lowest BCUT2D eigenvalue weighted by Crippen LogP contribution is -2.00. The lowest BCUT2D eigenvalue weighted by molar-refractivity contribution is 1.08. The Morgan fingerprint density at radius 3 is 1.01 bits per heavy atom. The largest absolute Gasteiger partial charge is 0.309 e. The zero-order valence-corrected chi connectivity index (χ0v) is 62.1. The van der Waals surface area contributed by atoms with Crippen molar-refractivity contribution in [1.29, 1.82) is 0 Å². The van der Waals surface area contributed by atoms with E-state index in [0.717, 1.165) is 78.7 Å². The average Bonchev–Trinajstić information content (AvgIpc) is 1.59. The van der Waals surface area contributed by atoms with Crippen LogP contribution in [0, 0.1) is 0 Å². The van der Waals surface area contributed by atoms with Crippen LogP contribution in [0.25, 0.3) is 210 Å². The van der Waals surface area contributed by atoms with Gasteiger partial charge in [0.05, 0.1) is 55.5 Å². The number of nitrogens with zero attached hydrogens (tertiary/aromatic N) is 6. The van der Waals surface area contributed by atoms with Gasteiger partial charge in [0.25, 0.3) is 0 Å². The first-order valence-electron chi connectivity index (χ1n) is 39.0. The number of benzene rings is 17. The normalized spacial score (nSPS) is 11.7. The Morgan fingerprint density at radius 2 is 0.482 bits per heavy atom. The molecule has 23 rings (SSSR count). The second-order valence-electron chi connectivity index (χ2n) is 29.6. The van der Waals surface area contributed by atoms with Crippen LogP contribution in [0.5, 0.6) is 0 Å². The summed E-state index contributed by atoms with van der Waals surface area (Å²) >= 11 is 0. The van der Waals surface area contributed by atoms with Crippen LogP contribution in [-0.4, -0.2) is 28.2 Å². The first kappa shape index (κ1) is 65.8. The van der Waals surface area contributed by atoms with Gasteiger partial charge in [0, 0.05) is 65.6 Å². The topological polar surface area (TPSA) is 45.5 Å². The highest BCUT2D eigenvalue weighted by Gasteiger charge is 2.22. The first-order valence-corrected chi connectivity index (χ1v) is 39.0. The van der Waals surface area contributed by atoms with Gasteiger partial charge in [-0.1, -0.05) is 309 Å². The van der Waals surface area contributed by atoms with Gasteiger partial charge in [0.1, 0.15) is 11.6 Å². The van der Waals surface area contributed by atoms with Crippen molar-refractivity contribution in [2.75, 3.05) is 0 Å². The smallest absolute Gasteiger partial charge is 0.138 e. The second kappa shape index (κ2) is 27.4. The summed E-state index contributed by atoms with van der Waals surface area (Å²) in [5, 5.41) is 14.8. The van der Waals surface area contributed by atoms with E-state index in [1.165, 1.54) is 131 Å². The molecular formula is C108H70N6. The third-order valence-electron chi connectivity index (χ3n) is 23.0. The molecule has 0 aliphatic heterocycles. The summed E-state index contributed by atoms with van der Waals surface area (Å²) in [6, 6.07) is 153. The maximum absolute atomic E-state index is 5.33. The Bertz CT molecular complexity index is 7660. The van der Waals surface area contributed by atoms with Crippen molar-refractivity contribution in [1.82, 2.24) is 28.2 Å². The Kier molecular flexibility index (Phi) is 15.8. The lowest BCUT2D eigenvalue weighted by atomic mass is 9.98. The van der Waals surface area contributed by atoms with Gasteiger partial charge in [-0.25, -0.2) is 9.97 Å². The van der Waals surface area contributed by atoms with Crippen LogP contribution in [0.2, 0.25) is 0 Å². The predicted octanol–water partition coefficient (Wildman–Crippen LogP) is 28.5. The molecule has 0 fully saturated rings. The number of hydrogen-bond acceptors (Lipinski definition) is 2. The van der Waals surface area contributed by atoms with Gasteiger partial charge in [0.15, 0.2) is 0 Å². The van der Waals surface area contributed by atoms with Crippen molar-refractivity contribution in [2.45, 2.75) is 0 Å². The van der Waals surface area contributed by atoms with Crippen molar-refractivity contribution in [3.63, 3.8) is 0 Å². The molecule has 6 heterocycles. The van der Waals surface area contributed by atoms with Gasteiger partial charge in [-0.15, -0.1) is 0 Å². The Morgan fingerprint density at radius 1 is 0.140 bits per heavy atom. The molecule has 0 spiro atoms. The molecule has 0 aliphatic rings. The minimum absolute atomic E-state index is 0.894. The molecule has 0 saturated heterocycles. The summed E-state index contributed by atoms with van der Waals surface area (Å²) in [6.45, 7) is 0. The summed E-state index contributed by atoms with van der Waals surface area (Å²) < 4.78 is 9.47. The Balaban J connectivity index is 0.000000140. The summed E-state index contributed by atoms with van der Waals surface area (Å²) in [6.07, 6.45) is 0. The second-order valence-corrected chi connectivity index (χ2v) is 29.6. The van der Waals surface area contributed by atoms with Crippen LogP contribution in [0.4, 0.5) is 0 Å². The van der Waals surface area contributed by atoms with Crippen LogP contribution in [0.1, 0.15) is 0 Å². The van der Waals surface area contributed by atoms with E-state index in [9.17, 15) is 0 Å². The van der Waals surface area contributed by atoms with Gasteiger partial charge in [-0.05, 0) is 192 Å². The lowest BCUT2D eigenvalue weighted by Gasteiger charge is -2.13. The predicted molar refractivity (Wildman–Crippen MR) is 479 cm³/mol. The zero-order chi connectivity index (χ0) is 75.2. The molecule has 0 amide bonds. The number of para-hydroxylation sites is 4. The van der Waals surface area contributed by atoms with Crippen LogP contribution >= 0.6 is 0 Å². The van der Waals surface area contributed by atoms with E-state index in [1.54, 1.807) is 0 Å². The van der Waals surface area contributed by atoms with Gasteiger partial charge in [-0.2, -0.15) is 0 Å². The summed E-state index contributed by atoms with van der Waals surface area (Å²) in [7, 11) is 0. The van der Waals surface area contributed by atoms with E-state index in [1.807, 2.05) is 0 Å². The number of rotatable bonds is 11. The summed E-state index contributed by atoms with van der Waals surface area (Å²) in [4.78, 5) is 10.7. The van der Waals surface area contributed by atoms with Crippen molar-refractivity contribution < 1.29 is 0 Å². The minimum Gasteiger partial charge on any atom is -0.309 e. The van der Waals surface area contributed by atoms with Crippen molar-refractivity contribution >= 4 is 109 Å². The van der Waals surface area contributed by atoms with Crippen LogP contribution < -0.4 is 0 Å². The molecule has 114 heavy (non-hydrogen) atoms. The highest BCUT2D eigenvalue weighted by Crippen LogP contribution is 2.43. The van der Waals surface area contributed by atoms with Crippen LogP contribution in [-0.2, 0) is 0 Å². The molecule has 6 aromatic heterocycles. The molecular weight excluding hydrogens is 1380 g/mol. The standard InChI is InChI=1S/C57H37N3.C51H33N3/c1-2-12-38(13-3-1)40-24-26-41(27-25-40)42-16-10-17-46(34-42)52-20-11-23-57(58-52)60-54-22-9-7-19-49(54)51-36-44(30-33-55(51)60)45-29-32-50-48-18-6-8-21-53(48)59(56(50)37-45)47-31-28-39-14-4-5-15-43(39)35-47;1-3-13-34(14-4-1)40-31-46(36-16-5-2-6-17-36)52-51(33-40)54-48-22-12-10-20-43(48)45-30-38(25-28-49(45)54)39-24-27-44-42-19-9-11-21-47(42)53(50(44)32-39)41-26-23-35-15-7-8-18-37(35)29-41/h1-37H;1-33H. The maximum Gasteiger partial charge on any atom is 0.138 e. The molecule has 17 aromatic carbocycles. The molecule has 6 heteroatoms. The quantitative estimate of drug-likeness (QED) is 0.130. The molecule has 0 N–H and O–H groups in total. The molecule has 0 saturated carbocycles. The summed E-state index contributed by atoms with van der Waals surface area (Å²) in [5.41, 5.74) is 27.5. The van der Waals surface area contributed by atoms with Crippen molar-refractivity contribution in [3.05, 3.63) is 425 Å². The van der Waals surface area contributed by atoms with Crippen molar-refractivity contribution in [2.24, 2.45) is 0 Å². The zero-order valence-electron chi connectivity index (χ0n) is 62.1. The van der Waals surface area contributed by atoms with Gasteiger partial charge in [0.2, 0.25) is 0 Å². The van der Waals surface area contributed by atoms with Gasteiger partial charge < -0.3 is 9.13 Å². The van der Waals surface area contributed by atoms with E-state index in [0.29, 0.717) is 0 Å². The molecule has 0 bridgehead atoms. The van der Waals surface area contributed by atoms with Crippen LogP contribution in [0.15, 0.2) is 425 Å². The van der Waals surface area contributed by atoms with E-state index in [4.69, 9.17) is 9.97 Å². The molecule has 0 atom stereocenters. The molecule has 0 aliphatic carbocycles. The molecule has 23 aromatic rings. The SMILES string of the molecule is c1ccc(-c2cc(-c3ccccc3)nc(-n3c4ccccc4c4cc(-c5ccc6c7ccccc7n(-c7ccc8ccccc8c7)c6c5)ccc43)c2)cc1.c1ccc(-c2ccc(-c3cccc(-c4cccc(-n5c6ccccc6c6cc(-c7ccc8c9ccccc9n(-c9ccc%10ccccc%10c9)c8c7)ccc65)n4)c3)cc2)cc1. The van der Waals surface area contributed by atoms with E-state index < -0.39 is 0 Å². The van der Waals surface area contributed by atoms with Gasteiger partial charge >= 0.3 is 0 Å².